The van der Waals surface area contributed by atoms with Crippen molar-refractivity contribution in [1.29, 1.82) is 0 Å². The minimum absolute atomic E-state index is 0.265. The Morgan fingerprint density at radius 2 is 1.88 bits per heavy atom. The van der Waals surface area contributed by atoms with E-state index in [2.05, 4.69) is 26.7 Å². The molecule has 12 heteroatoms. The molecule has 3 aromatic heterocycles. The molecule has 0 bridgehead atoms. The summed E-state index contributed by atoms with van der Waals surface area (Å²) in [7, 11) is -3.58. The van der Waals surface area contributed by atoms with Crippen LogP contribution in [-0.4, -0.2) is 68.2 Å². The zero-order chi connectivity index (χ0) is 23.3. The van der Waals surface area contributed by atoms with Gasteiger partial charge in [-0.15, -0.1) is 5.10 Å². The molecule has 1 aliphatic rings. The Bertz CT molecular complexity index is 1610. The number of nitrogens with one attached hydrogen (secondary N) is 1. The van der Waals surface area contributed by atoms with Crippen LogP contribution in [-0.2, 0) is 27.1 Å². The maximum atomic E-state index is 13.1. The third-order valence-corrected chi connectivity index (χ3v) is 8.89. The predicted octanol–water partition coefficient (Wildman–Crippen LogP) is 2.89. The van der Waals surface area contributed by atoms with Gasteiger partial charge in [0.15, 0.2) is 5.16 Å². The van der Waals surface area contributed by atoms with Gasteiger partial charge in [-0.1, -0.05) is 23.9 Å². The number of imidazole rings is 2. The predicted molar refractivity (Wildman–Crippen MR) is 129 cm³/mol. The van der Waals surface area contributed by atoms with Gasteiger partial charge in [0.05, 0.1) is 45.9 Å². The molecule has 2 aromatic carbocycles. The summed E-state index contributed by atoms with van der Waals surface area (Å²) in [4.78, 5) is 9.64. The lowest BCUT2D eigenvalue weighted by molar-refractivity contribution is 0.0730. The fraction of sp³-hybridized carbons (Fsp3) is 0.318. The third-order valence-electron chi connectivity index (χ3n) is 6.06. The van der Waals surface area contributed by atoms with Gasteiger partial charge in [-0.3, -0.25) is 4.40 Å². The highest BCUT2D eigenvalue weighted by atomic mass is 32.2. The minimum Gasteiger partial charge on any atom is -0.379 e. The maximum Gasteiger partial charge on any atom is 0.243 e. The first-order chi connectivity index (χ1) is 16.6. The zero-order valence-electron chi connectivity index (χ0n) is 18.5. The Kier molecular flexibility index (Phi) is 5.32. The van der Waals surface area contributed by atoms with Crippen molar-refractivity contribution in [2.45, 2.75) is 29.3 Å². The van der Waals surface area contributed by atoms with E-state index < -0.39 is 10.0 Å². The number of morpholine rings is 1. The number of benzene rings is 2. The number of sulfonamides is 1. The summed E-state index contributed by atoms with van der Waals surface area (Å²) >= 11 is 1.56. The molecule has 1 aliphatic heterocycles. The number of para-hydroxylation sites is 2. The first-order valence-electron chi connectivity index (χ1n) is 11.1. The van der Waals surface area contributed by atoms with Crippen LogP contribution in [0.5, 0.6) is 0 Å². The van der Waals surface area contributed by atoms with Gasteiger partial charge in [-0.05, 0) is 37.3 Å². The van der Waals surface area contributed by atoms with Gasteiger partial charge in [-0.2, -0.15) is 4.31 Å². The number of thioether (sulfide) groups is 1. The Morgan fingerprint density at radius 1 is 1.06 bits per heavy atom. The van der Waals surface area contributed by atoms with Crippen molar-refractivity contribution in [3.8, 4) is 0 Å². The number of fused-ring (bicyclic) bond motifs is 4. The molecular formula is C22H23N7O3S2. The van der Waals surface area contributed by atoms with Crippen LogP contribution in [0.3, 0.4) is 0 Å². The van der Waals surface area contributed by atoms with Gasteiger partial charge < -0.3 is 9.30 Å². The van der Waals surface area contributed by atoms with E-state index in [-0.39, 0.29) is 4.90 Å². The van der Waals surface area contributed by atoms with Crippen molar-refractivity contribution in [2.75, 3.05) is 26.3 Å². The number of nitrogens with zero attached hydrogens (tertiary/aromatic N) is 6. The van der Waals surface area contributed by atoms with Gasteiger partial charge in [0, 0.05) is 19.6 Å². The number of hydrogen-bond donors (Lipinski definition) is 1. The topological polar surface area (TPSA) is 110 Å². The van der Waals surface area contributed by atoms with Crippen LogP contribution in [0.2, 0.25) is 0 Å². The zero-order valence-corrected chi connectivity index (χ0v) is 20.1. The Balaban J connectivity index is 1.32. The monoisotopic (exact) mass is 497 g/mol. The van der Waals surface area contributed by atoms with E-state index in [4.69, 9.17) is 9.72 Å². The van der Waals surface area contributed by atoms with Crippen molar-refractivity contribution in [2.24, 2.45) is 0 Å². The summed E-state index contributed by atoms with van der Waals surface area (Å²) in [6, 6.07) is 13.1. The molecule has 6 rings (SSSR count). The first kappa shape index (κ1) is 21.6. The van der Waals surface area contributed by atoms with Crippen LogP contribution < -0.4 is 0 Å². The smallest absolute Gasteiger partial charge is 0.243 e. The molecule has 5 aromatic rings. The van der Waals surface area contributed by atoms with Crippen LogP contribution in [0, 0.1) is 0 Å². The summed E-state index contributed by atoms with van der Waals surface area (Å²) in [6.07, 6.45) is 0. The quantitative estimate of drug-likeness (QED) is 0.359. The average Bonchev–Trinajstić information content (AvgIpc) is 3.54. The number of ether oxygens (including phenoxy) is 1. The van der Waals surface area contributed by atoms with Crippen molar-refractivity contribution in [3.05, 3.63) is 48.3 Å². The molecule has 1 fully saturated rings. The van der Waals surface area contributed by atoms with E-state index in [1.54, 1.807) is 23.9 Å². The fourth-order valence-corrected chi connectivity index (χ4v) is 6.72. The number of aryl methyl sites for hydroxylation is 1. The van der Waals surface area contributed by atoms with Crippen molar-refractivity contribution < 1.29 is 13.2 Å². The highest BCUT2D eigenvalue weighted by Gasteiger charge is 2.27. The van der Waals surface area contributed by atoms with Gasteiger partial charge >= 0.3 is 0 Å². The Labute approximate surface area is 200 Å². The molecule has 1 saturated heterocycles. The highest BCUT2D eigenvalue weighted by molar-refractivity contribution is 7.98. The second kappa shape index (κ2) is 8.38. The Hall–Kier alpha value is -2.93. The number of aromatic amines is 1. The third kappa shape index (κ3) is 3.49. The number of rotatable bonds is 6. The number of hydrogen-bond acceptors (Lipinski definition) is 7. The lowest BCUT2D eigenvalue weighted by atomic mass is 10.3. The summed E-state index contributed by atoms with van der Waals surface area (Å²) in [5, 5.41) is 8.23. The van der Waals surface area contributed by atoms with Gasteiger partial charge in [0.1, 0.15) is 5.82 Å². The second-order valence-corrected chi connectivity index (χ2v) is 10.9. The molecule has 0 amide bonds. The largest absolute Gasteiger partial charge is 0.379 e. The SMILES string of the molecule is CCn1c(CSc2n[nH]c3nc4ccccc4n23)nc2cc(S(=O)(=O)N3CCOCC3)ccc21. The van der Waals surface area contributed by atoms with Crippen LogP contribution in [0.25, 0.3) is 27.8 Å². The number of aromatic nitrogens is 6. The molecule has 0 spiro atoms. The molecule has 1 N–H and O–H groups in total. The molecule has 0 radical (unpaired) electrons. The average molecular weight is 498 g/mol. The van der Waals surface area contributed by atoms with Crippen LogP contribution in [0.15, 0.2) is 52.5 Å². The molecule has 0 saturated carbocycles. The summed E-state index contributed by atoms with van der Waals surface area (Å²) < 4.78 is 37.1. The second-order valence-electron chi connectivity index (χ2n) is 7.99. The molecule has 34 heavy (non-hydrogen) atoms. The molecule has 4 heterocycles. The first-order valence-corrected chi connectivity index (χ1v) is 13.5. The maximum absolute atomic E-state index is 13.1. The van der Waals surface area contributed by atoms with Crippen LogP contribution >= 0.6 is 11.8 Å². The van der Waals surface area contributed by atoms with Crippen molar-refractivity contribution in [3.63, 3.8) is 0 Å². The molecule has 0 unspecified atom stereocenters. The molecule has 0 aliphatic carbocycles. The minimum atomic E-state index is -3.58. The summed E-state index contributed by atoms with van der Waals surface area (Å²) in [6.45, 7) is 4.36. The van der Waals surface area contributed by atoms with E-state index in [0.29, 0.717) is 43.4 Å². The molecular weight excluding hydrogens is 474 g/mol. The fourth-order valence-electron chi connectivity index (χ4n) is 4.39. The lowest BCUT2D eigenvalue weighted by Crippen LogP contribution is -2.40. The van der Waals surface area contributed by atoms with Crippen LogP contribution in [0.4, 0.5) is 0 Å². The molecule has 10 nitrogen and oxygen atoms in total. The highest BCUT2D eigenvalue weighted by Crippen LogP contribution is 2.28. The molecule has 0 atom stereocenters. The number of H-pyrrole nitrogens is 1. The van der Waals surface area contributed by atoms with Crippen molar-refractivity contribution >= 4 is 49.6 Å². The van der Waals surface area contributed by atoms with E-state index in [9.17, 15) is 8.42 Å². The van der Waals surface area contributed by atoms with Gasteiger partial charge in [0.25, 0.3) is 0 Å². The van der Waals surface area contributed by atoms with Crippen LogP contribution in [0.1, 0.15) is 12.7 Å². The summed E-state index contributed by atoms with van der Waals surface area (Å²) in [5.41, 5.74) is 3.50. The van der Waals surface area contributed by atoms with Crippen molar-refractivity contribution in [1.82, 2.24) is 33.4 Å². The summed E-state index contributed by atoms with van der Waals surface area (Å²) in [5.74, 6) is 2.15. The van der Waals surface area contributed by atoms with E-state index in [1.807, 2.05) is 34.7 Å². The standard InChI is InChI=1S/C22H23N7O3S2/c1-2-28-18-8-7-15(34(30,31)27-9-11-32-12-10-27)13-17(18)23-20(28)14-33-22-26-25-21-24-16-5-3-4-6-19(16)29(21)22/h3-8,13H,2,9-12,14H2,1H3,(H,24,25). The van der Waals surface area contributed by atoms with Gasteiger partial charge in [-0.25, -0.2) is 23.5 Å². The van der Waals surface area contributed by atoms with Gasteiger partial charge in [0.2, 0.25) is 15.8 Å². The Morgan fingerprint density at radius 3 is 2.71 bits per heavy atom. The van der Waals surface area contributed by atoms with E-state index in [0.717, 1.165) is 34.1 Å². The molecule has 176 valence electrons. The normalized spacial score (nSPS) is 15.7. The van der Waals surface area contributed by atoms with E-state index >= 15 is 0 Å². The lowest BCUT2D eigenvalue weighted by Gasteiger charge is -2.26. The van der Waals surface area contributed by atoms with E-state index in [1.165, 1.54) is 4.31 Å².